The molecule has 0 fully saturated rings. The van der Waals surface area contributed by atoms with Crippen LogP contribution in [0.15, 0.2) is 47.5 Å². The van der Waals surface area contributed by atoms with Crippen LogP contribution in [0.5, 0.6) is 5.75 Å². The Hall–Kier alpha value is -1.80. The molecule has 156 valence electrons. The van der Waals surface area contributed by atoms with Crippen LogP contribution in [0.25, 0.3) is 0 Å². The fourth-order valence-electron chi connectivity index (χ4n) is 4.02. The van der Waals surface area contributed by atoms with E-state index in [0.29, 0.717) is 0 Å². The normalized spacial score (nSPS) is 15.7. The van der Waals surface area contributed by atoms with Crippen molar-refractivity contribution >= 4 is 29.9 Å². The van der Waals surface area contributed by atoms with Gasteiger partial charge in [-0.25, -0.2) is 0 Å². The lowest BCUT2D eigenvalue weighted by atomic mass is 10.00. The summed E-state index contributed by atoms with van der Waals surface area (Å²) in [7, 11) is 1.83. The molecule has 6 heteroatoms. The first-order valence-corrected chi connectivity index (χ1v) is 10.3. The second kappa shape index (κ2) is 10.8. The van der Waals surface area contributed by atoms with E-state index in [1.807, 2.05) is 7.05 Å². The summed E-state index contributed by atoms with van der Waals surface area (Å²) in [5.41, 5.74) is 5.65. The predicted octanol–water partition coefficient (Wildman–Crippen LogP) is 3.01. The average Bonchev–Trinajstić information content (AvgIpc) is 3.20. The smallest absolute Gasteiger partial charge is 0.191 e. The van der Waals surface area contributed by atoms with Gasteiger partial charge >= 0.3 is 0 Å². The van der Waals surface area contributed by atoms with E-state index in [2.05, 4.69) is 63.0 Å². The van der Waals surface area contributed by atoms with Crippen molar-refractivity contribution < 1.29 is 4.74 Å². The number of nitrogens with one attached hydrogen (secondary N) is 2. The molecular weight excluding hydrogens is 475 g/mol. The molecule has 2 aromatic rings. The Balaban J connectivity index is 0.00000240. The first-order chi connectivity index (χ1) is 13.8. The molecule has 2 aliphatic heterocycles. The number of ether oxygens (including phenoxy) is 1. The number of benzene rings is 2. The van der Waals surface area contributed by atoms with Gasteiger partial charge in [-0.1, -0.05) is 36.4 Å². The Bertz CT molecular complexity index is 839. The molecule has 0 aromatic heterocycles. The molecular formula is C23H31IN4O. The van der Waals surface area contributed by atoms with Crippen molar-refractivity contribution in [1.29, 1.82) is 0 Å². The molecule has 0 bridgehead atoms. The molecule has 2 heterocycles. The number of hydrogen-bond donors (Lipinski definition) is 2. The van der Waals surface area contributed by atoms with Crippen LogP contribution >= 0.6 is 24.0 Å². The largest absolute Gasteiger partial charge is 0.493 e. The van der Waals surface area contributed by atoms with E-state index < -0.39 is 0 Å². The van der Waals surface area contributed by atoms with Gasteiger partial charge in [-0.15, -0.1) is 24.0 Å². The summed E-state index contributed by atoms with van der Waals surface area (Å²) in [6.07, 6.45) is 3.16. The van der Waals surface area contributed by atoms with Crippen molar-refractivity contribution in [1.82, 2.24) is 15.5 Å². The maximum Gasteiger partial charge on any atom is 0.191 e. The van der Waals surface area contributed by atoms with Crippen molar-refractivity contribution in [2.45, 2.75) is 25.8 Å². The van der Waals surface area contributed by atoms with Crippen LogP contribution in [0, 0.1) is 0 Å². The molecule has 0 atom stereocenters. The molecule has 4 rings (SSSR count). The van der Waals surface area contributed by atoms with Gasteiger partial charge in [0.05, 0.1) is 6.61 Å². The lowest BCUT2D eigenvalue weighted by molar-refractivity contribution is 0.258. The van der Waals surface area contributed by atoms with Gasteiger partial charge in [0.25, 0.3) is 0 Å². The molecule has 29 heavy (non-hydrogen) atoms. The fourth-order valence-corrected chi connectivity index (χ4v) is 4.02. The van der Waals surface area contributed by atoms with Crippen molar-refractivity contribution in [3.05, 3.63) is 64.7 Å². The Labute approximate surface area is 191 Å². The average molecular weight is 506 g/mol. The van der Waals surface area contributed by atoms with Crippen LogP contribution in [0.3, 0.4) is 0 Å². The SMILES string of the molecule is CN=C(NCCc1ccc2c(c1)CCO2)NCCN1CCc2ccccc2C1.I. The van der Waals surface area contributed by atoms with Crippen LogP contribution in [-0.4, -0.2) is 50.7 Å². The van der Waals surface area contributed by atoms with E-state index in [-0.39, 0.29) is 24.0 Å². The van der Waals surface area contributed by atoms with Crippen molar-refractivity contribution in [3.8, 4) is 5.75 Å². The van der Waals surface area contributed by atoms with Gasteiger partial charge in [0.2, 0.25) is 0 Å². The summed E-state index contributed by atoms with van der Waals surface area (Å²) in [5, 5.41) is 6.87. The minimum absolute atomic E-state index is 0. The predicted molar refractivity (Wildman–Crippen MR) is 130 cm³/mol. The van der Waals surface area contributed by atoms with E-state index in [9.17, 15) is 0 Å². The fraction of sp³-hybridized carbons (Fsp3) is 0.435. The minimum Gasteiger partial charge on any atom is -0.493 e. The Morgan fingerprint density at radius 2 is 1.86 bits per heavy atom. The van der Waals surface area contributed by atoms with Crippen LogP contribution < -0.4 is 15.4 Å². The van der Waals surface area contributed by atoms with E-state index in [4.69, 9.17) is 4.74 Å². The maximum absolute atomic E-state index is 5.58. The molecule has 0 spiro atoms. The second-order valence-electron chi connectivity index (χ2n) is 7.51. The molecule has 0 saturated heterocycles. The third kappa shape index (κ3) is 5.85. The Morgan fingerprint density at radius 1 is 1.03 bits per heavy atom. The molecule has 2 aromatic carbocycles. The van der Waals surface area contributed by atoms with E-state index >= 15 is 0 Å². The van der Waals surface area contributed by atoms with Gasteiger partial charge in [0.1, 0.15) is 5.75 Å². The van der Waals surface area contributed by atoms with Gasteiger partial charge in [0, 0.05) is 46.2 Å². The van der Waals surface area contributed by atoms with Crippen molar-refractivity contribution in [3.63, 3.8) is 0 Å². The molecule has 2 N–H and O–H groups in total. The first-order valence-electron chi connectivity index (χ1n) is 10.3. The van der Waals surface area contributed by atoms with Gasteiger partial charge in [0.15, 0.2) is 5.96 Å². The lowest BCUT2D eigenvalue weighted by Crippen LogP contribution is -2.43. The number of rotatable bonds is 6. The maximum atomic E-state index is 5.58. The number of hydrogen-bond acceptors (Lipinski definition) is 3. The third-order valence-corrected chi connectivity index (χ3v) is 5.61. The second-order valence-corrected chi connectivity index (χ2v) is 7.51. The summed E-state index contributed by atoms with van der Waals surface area (Å²) in [5.74, 6) is 1.93. The number of fused-ring (bicyclic) bond motifs is 2. The topological polar surface area (TPSA) is 48.9 Å². The molecule has 0 amide bonds. The van der Waals surface area contributed by atoms with Gasteiger partial charge in [-0.3, -0.25) is 9.89 Å². The van der Waals surface area contributed by atoms with Gasteiger partial charge in [-0.2, -0.15) is 0 Å². The summed E-state index contributed by atoms with van der Waals surface area (Å²) >= 11 is 0. The zero-order valence-electron chi connectivity index (χ0n) is 17.1. The first kappa shape index (κ1) is 21.9. The van der Waals surface area contributed by atoms with E-state index in [1.165, 1.54) is 22.3 Å². The summed E-state index contributed by atoms with van der Waals surface area (Å²) in [6.45, 7) is 5.79. The molecule has 0 aliphatic carbocycles. The zero-order valence-corrected chi connectivity index (χ0v) is 19.4. The summed E-state index contributed by atoms with van der Waals surface area (Å²) < 4.78 is 5.58. The number of halogens is 1. The number of guanidine groups is 1. The summed E-state index contributed by atoms with van der Waals surface area (Å²) in [4.78, 5) is 6.86. The van der Waals surface area contributed by atoms with Crippen molar-refractivity contribution in [2.24, 2.45) is 4.99 Å². The Kier molecular flexibility index (Phi) is 8.18. The lowest BCUT2D eigenvalue weighted by Gasteiger charge is -2.28. The molecule has 5 nitrogen and oxygen atoms in total. The quantitative estimate of drug-likeness (QED) is 0.360. The number of aliphatic imine (C=N–C) groups is 1. The van der Waals surface area contributed by atoms with Crippen LogP contribution in [-0.2, 0) is 25.8 Å². The molecule has 0 radical (unpaired) electrons. The highest BCUT2D eigenvalue weighted by atomic mass is 127. The monoisotopic (exact) mass is 506 g/mol. The minimum atomic E-state index is 0. The Morgan fingerprint density at radius 3 is 2.72 bits per heavy atom. The number of nitrogens with zero attached hydrogens (tertiary/aromatic N) is 2. The highest BCUT2D eigenvalue weighted by molar-refractivity contribution is 14.0. The van der Waals surface area contributed by atoms with Crippen molar-refractivity contribution in [2.75, 3.05) is 39.8 Å². The third-order valence-electron chi connectivity index (χ3n) is 5.61. The highest BCUT2D eigenvalue weighted by Crippen LogP contribution is 2.25. The molecule has 0 unspecified atom stereocenters. The van der Waals surface area contributed by atoms with E-state index in [0.717, 1.165) is 70.3 Å². The van der Waals surface area contributed by atoms with Gasteiger partial charge < -0.3 is 15.4 Å². The highest BCUT2D eigenvalue weighted by Gasteiger charge is 2.15. The van der Waals surface area contributed by atoms with E-state index in [1.54, 1.807) is 0 Å². The molecule has 2 aliphatic rings. The standard InChI is InChI=1S/C23H30N4O.HI/c1-24-23(25-11-8-18-6-7-22-20(16-18)10-15-28-22)26-12-14-27-13-9-19-4-2-3-5-21(19)17-27;/h2-7,16H,8-15,17H2,1H3,(H2,24,25,26);1H. The van der Waals surface area contributed by atoms with Crippen LogP contribution in [0.1, 0.15) is 22.3 Å². The molecule has 0 saturated carbocycles. The zero-order chi connectivity index (χ0) is 19.2. The summed E-state index contributed by atoms with van der Waals surface area (Å²) in [6, 6.07) is 15.3. The van der Waals surface area contributed by atoms with Crippen LogP contribution in [0.2, 0.25) is 0 Å². The van der Waals surface area contributed by atoms with Gasteiger partial charge in [-0.05, 0) is 41.2 Å². The van der Waals surface area contributed by atoms with Crippen LogP contribution in [0.4, 0.5) is 0 Å².